The highest BCUT2D eigenvalue weighted by atomic mass is 16.3. The van der Waals surface area contributed by atoms with Crippen molar-refractivity contribution in [3.63, 3.8) is 0 Å². The first-order valence-corrected chi connectivity index (χ1v) is 6.41. The van der Waals surface area contributed by atoms with Crippen LogP contribution in [0.1, 0.15) is 16.7 Å². The summed E-state index contributed by atoms with van der Waals surface area (Å²) in [5.41, 5.74) is 9.11. The summed E-state index contributed by atoms with van der Waals surface area (Å²) in [6, 6.07) is 15.7. The minimum Gasteiger partial charge on any atom is -0.508 e. The van der Waals surface area contributed by atoms with E-state index in [0.717, 1.165) is 24.2 Å². The topological polar surface area (TPSA) is 49.5 Å². The molecular weight excluding hydrogens is 236 g/mol. The van der Waals surface area contributed by atoms with Crippen molar-refractivity contribution < 1.29 is 5.11 Å². The standard InChI is InChI=1S/C16H20N2O/c1-18(12-15-3-2-4-16(19)9-15)11-14-7-5-13(10-17)6-8-14/h2-9,19H,10-12,17H2,1H3. The molecule has 0 heterocycles. The molecule has 100 valence electrons. The van der Waals surface area contributed by atoms with E-state index in [-0.39, 0.29) is 0 Å². The van der Waals surface area contributed by atoms with E-state index in [1.165, 1.54) is 5.56 Å². The molecular formula is C16H20N2O. The molecule has 3 nitrogen and oxygen atoms in total. The van der Waals surface area contributed by atoms with E-state index in [0.29, 0.717) is 12.3 Å². The summed E-state index contributed by atoms with van der Waals surface area (Å²) in [7, 11) is 2.07. The largest absolute Gasteiger partial charge is 0.508 e. The first kappa shape index (κ1) is 13.6. The molecule has 19 heavy (non-hydrogen) atoms. The number of aromatic hydroxyl groups is 1. The van der Waals surface area contributed by atoms with Gasteiger partial charge in [-0.15, -0.1) is 0 Å². The van der Waals surface area contributed by atoms with Gasteiger partial charge in [0.25, 0.3) is 0 Å². The van der Waals surface area contributed by atoms with Crippen molar-refractivity contribution in [1.82, 2.24) is 4.90 Å². The van der Waals surface area contributed by atoms with Crippen LogP contribution in [0.15, 0.2) is 48.5 Å². The van der Waals surface area contributed by atoms with Crippen LogP contribution in [0, 0.1) is 0 Å². The molecule has 0 aliphatic carbocycles. The molecule has 3 heteroatoms. The average Bonchev–Trinajstić information content (AvgIpc) is 2.39. The molecule has 0 aromatic heterocycles. The van der Waals surface area contributed by atoms with Gasteiger partial charge < -0.3 is 10.8 Å². The van der Waals surface area contributed by atoms with E-state index >= 15 is 0 Å². The molecule has 0 amide bonds. The van der Waals surface area contributed by atoms with Gasteiger partial charge >= 0.3 is 0 Å². The van der Waals surface area contributed by atoms with Gasteiger partial charge in [0, 0.05) is 19.6 Å². The van der Waals surface area contributed by atoms with E-state index in [2.05, 4.69) is 36.2 Å². The maximum absolute atomic E-state index is 9.44. The van der Waals surface area contributed by atoms with Crippen molar-refractivity contribution in [2.24, 2.45) is 5.73 Å². The molecule has 0 aliphatic heterocycles. The van der Waals surface area contributed by atoms with Gasteiger partial charge in [0.15, 0.2) is 0 Å². The highest BCUT2D eigenvalue weighted by molar-refractivity contribution is 5.27. The van der Waals surface area contributed by atoms with Gasteiger partial charge in [-0.2, -0.15) is 0 Å². The highest BCUT2D eigenvalue weighted by Gasteiger charge is 2.02. The zero-order valence-electron chi connectivity index (χ0n) is 11.2. The van der Waals surface area contributed by atoms with E-state index in [1.54, 1.807) is 12.1 Å². The Balaban J connectivity index is 1.95. The molecule has 0 spiro atoms. The van der Waals surface area contributed by atoms with Crippen molar-refractivity contribution in [1.29, 1.82) is 0 Å². The molecule has 0 radical (unpaired) electrons. The monoisotopic (exact) mass is 256 g/mol. The minimum absolute atomic E-state index is 0.318. The highest BCUT2D eigenvalue weighted by Crippen LogP contribution is 2.14. The third-order valence-corrected chi connectivity index (χ3v) is 3.07. The second kappa shape index (κ2) is 6.36. The number of hydrogen-bond donors (Lipinski definition) is 2. The summed E-state index contributed by atoms with van der Waals surface area (Å²) in [5, 5.41) is 9.44. The zero-order chi connectivity index (χ0) is 13.7. The van der Waals surface area contributed by atoms with Crippen LogP contribution in [0.5, 0.6) is 5.75 Å². The fourth-order valence-electron chi connectivity index (χ4n) is 2.11. The summed E-state index contributed by atoms with van der Waals surface area (Å²) < 4.78 is 0. The maximum atomic E-state index is 9.44. The summed E-state index contributed by atoms with van der Waals surface area (Å²) in [5.74, 6) is 0.318. The maximum Gasteiger partial charge on any atom is 0.115 e. The van der Waals surface area contributed by atoms with E-state index in [1.807, 2.05) is 12.1 Å². The van der Waals surface area contributed by atoms with E-state index in [4.69, 9.17) is 5.73 Å². The number of rotatable bonds is 5. The quantitative estimate of drug-likeness (QED) is 0.864. The lowest BCUT2D eigenvalue weighted by Crippen LogP contribution is -2.17. The minimum atomic E-state index is 0.318. The zero-order valence-corrected chi connectivity index (χ0v) is 11.2. The van der Waals surface area contributed by atoms with Gasteiger partial charge in [0.05, 0.1) is 0 Å². The third-order valence-electron chi connectivity index (χ3n) is 3.07. The van der Waals surface area contributed by atoms with E-state index in [9.17, 15) is 5.11 Å². The fraction of sp³-hybridized carbons (Fsp3) is 0.250. The number of phenolic OH excluding ortho intramolecular Hbond substituents is 1. The first-order chi connectivity index (χ1) is 9.17. The SMILES string of the molecule is CN(Cc1ccc(CN)cc1)Cc1cccc(O)c1. The van der Waals surface area contributed by atoms with Crippen LogP contribution in [0.25, 0.3) is 0 Å². The molecule has 0 aliphatic rings. The van der Waals surface area contributed by atoms with Gasteiger partial charge in [-0.1, -0.05) is 36.4 Å². The molecule has 0 atom stereocenters. The molecule has 0 saturated carbocycles. The normalized spacial score (nSPS) is 10.9. The Morgan fingerprint density at radius 1 is 0.947 bits per heavy atom. The van der Waals surface area contributed by atoms with Crippen LogP contribution in [0.3, 0.4) is 0 Å². The van der Waals surface area contributed by atoms with Gasteiger partial charge in [0.1, 0.15) is 5.75 Å². The average molecular weight is 256 g/mol. The van der Waals surface area contributed by atoms with Crippen molar-refractivity contribution in [3.05, 3.63) is 65.2 Å². The Hall–Kier alpha value is -1.84. The van der Waals surface area contributed by atoms with Crippen molar-refractivity contribution >= 4 is 0 Å². The molecule has 0 bridgehead atoms. The van der Waals surface area contributed by atoms with Crippen LogP contribution >= 0.6 is 0 Å². The number of benzene rings is 2. The Bertz CT molecular complexity index is 523. The Morgan fingerprint density at radius 3 is 2.21 bits per heavy atom. The second-order valence-electron chi connectivity index (χ2n) is 4.86. The van der Waals surface area contributed by atoms with Gasteiger partial charge in [0.2, 0.25) is 0 Å². The van der Waals surface area contributed by atoms with Crippen LogP contribution < -0.4 is 5.73 Å². The molecule has 2 aromatic carbocycles. The van der Waals surface area contributed by atoms with Gasteiger partial charge in [-0.05, 0) is 35.9 Å². The summed E-state index contributed by atoms with van der Waals surface area (Å²) in [6.07, 6.45) is 0. The van der Waals surface area contributed by atoms with Gasteiger partial charge in [-0.3, -0.25) is 4.90 Å². The summed E-state index contributed by atoms with van der Waals surface area (Å²) in [4.78, 5) is 2.21. The molecule has 0 unspecified atom stereocenters. The molecule has 0 fully saturated rings. The lowest BCUT2D eigenvalue weighted by Gasteiger charge is -2.17. The summed E-state index contributed by atoms with van der Waals surface area (Å²) >= 11 is 0. The molecule has 2 rings (SSSR count). The van der Waals surface area contributed by atoms with Crippen molar-refractivity contribution in [2.75, 3.05) is 7.05 Å². The number of nitrogens with zero attached hydrogens (tertiary/aromatic N) is 1. The number of phenols is 1. The second-order valence-corrected chi connectivity index (χ2v) is 4.86. The number of hydrogen-bond acceptors (Lipinski definition) is 3. The van der Waals surface area contributed by atoms with Crippen molar-refractivity contribution in [2.45, 2.75) is 19.6 Å². The van der Waals surface area contributed by atoms with Crippen LogP contribution in [-0.4, -0.2) is 17.1 Å². The third kappa shape index (κ3) is 4.09. The predicted octanol–water partition coefficient (Wildman–Crippen LogP) is 2.48. The molecule has 2 aromatic rings. The molecule has 0 saturated heterocycles. The lowest BCUT2D eigenvalue weighted by atomic mass is 10.1. The number of nitrogens with two attached hydrogens (primary N) is 1. The van der Waals surface area contributed by atoms with Crippen LogP contribution in [0.2, 0.25) is 0 Å². The Kier molecular flexibility index (Phi) is 4.55. The smallest absolute Gasteiger partial charge is 0.115 e. The Morgan fingerprint density at radius 2 is 1.58 bits per heavy atom. The van der Waals surface area contributed by atoms with Crippen LogP contribution in [-0.2, 0) is 19.6 Å². The Labute approximate surface area is 114 Å². The van der Waals surface area contributed by atoms with E-state index < -0.39 is 0 Å². The first-order valence-electron chi connectivity index (χ1n) is 6.41. The lowest BCUT2D eigenvalue weighted by molar-refractivity contribution is 0.318. The fourth-order valence-corrected chi connectivity index (χ4v) is 2.11. The predicted molar refractivity (Wildman–Crippen MR) is 77.6 cm³/mol. The van der Waals surface area contributed by atoms with Crippen molar-refractivity contribution in [3.8, 4) is 5.75 Å². The van der Waals surface area contributed by atoms with Gasteiger partial charge in [-0.25, -0.2) is 0 Å². The van der Waals surface area contributed by atoms with Crippen LogP contribution in [0.4, 0.5) is 0 Å². The molecule has 3 N–H and O–H groups in total. The summed E-state index contributed by atoms with van der Waals surface area (Å²) in [6.45, 7) is 2.27.